The Kier molecular flexibility index (Phi) is 38.3. The van der Waals surface area contributed by atoms with Crippen LogP contribution in [0.2, 0.25) is 0 Å². The van der Waals surface area contributed by atoms with Gasteiger partial charge in [-0.25, -0.2) is 0 Å². The van der Waals surface area contributed by atoms with Crippen LogP contribution in [0.1, 0.15) is 193 Å². The molecule has 1 saturated carbocycles. The maximum absolute atomic E-state index is 15.5. The van der Waals surface area contributed by atoms with E-state index >= 15 is 28.8 Å². The Bertz CT molecular complexity index is 3870. The minimum absolute atomic E-state index is 0.00658. The van der Waals surface area contributed by atoms with Gasteiger partial charge in [0, 0.05) is 87.7 Å². The van der Waals surface area contributed by atoms with E-state index in [9.17, 15) is 48.3 Å². The first kappa shape index (κ1) is 101. The summed E-state index contributed by atoms with van der Waals surface area (Å²) in [6, 6.07) is 0.209. The van der Waals surface area contributed by atoms with E-state index in [0.717, 1.165) is 29.1 Å². The van der Waals surface area contributed by atoms with Gasteiger partial charge in [0.1, 0.15) is 78.3 Å². The molecule has 14 amide bonds. The van der Waals surface area contributed by atoms with Gasteiger partial charge in [-0.3, -0.25) is 77.2 Å². The summed E-state index contributed by atoms with van der Waals surface area (Å²) in [5.41, 5.74) is 5.06. The molecule has 5 rings (SSSR count). The van der Waals surface area contributed by atoms with Crippen molar-refractivity contribution < 1.29 is 77.0 Å². The van der Waals surface area contributed by atoms with Crippen molar-refractivity contribution >= 4 is 88.5 Å². The lowest BCUT2D eigenvalue weighted by molar-refractivity contribution is -0.153. The number of rotatable bonds is 42. The standard InChI is InChI=1S/C88H142N16O16/c1-25-54(12)71(86(119)104-39-33-28-34-40-104)93-75(108)64(42-50(4)5)98(19)81(114)62-45-55(13)96-88(17,87(120)91-62)103(24)85(118)73(61-48-69(61)106)95-77(110)66(47-60-37-31-27-32-38-60)100(21)84(117)72(58(16)105)94-76(109)65(46-59-35-29-26-30-36-59)99(20)82(115)68(44-52(8)9)102(23)83(116)67(43-51(6)7)101(22)80(113)57(15)90-78(111)70(53(10)11)92-74(107)63(41-49(2)3)97(18)79(112)56(14)89/h26-27,29-32,35-38,49-58,61-68,70-73,96,105H,25,28,33-34,39-48,89H2,1-24H3,(H,90,111)(H,91,120)(H,92,107)(H,93,108)(H,94,109)(H,95,110)/t54-,55?,56-,57?,58+,61?,62-,63-,64?,65-,66-,67-,68-,70-,71?,72-,73?,88-/m0/s1. The lowest BCUT2D eigenvalue weighted by Gasteiger charge is -2.40. The van der Waals surface area contributed by atoms with E-state index in [-0.39, 0.29) is 92.6 Å². The van der Waals surface area contributed by atoms with Gasteiger partial charge >= 0.3 is 0 Å². The van der Waals surface area contributed by atoms with E-state index < -0.39 is 185 Å². The van der Waals surface area contributed by atoms with Crippen molar-refractivity contribution in [2.24, 2.45) is 47.2 Å². The Hall–Kier alpha value is -9.43. The maximum atomic E-state index is 15.5. The molecule has 2 aromatic carbocycles. The number of amides is 14. The third kappa shape index (κ3) is 27.0. The fourth-order valence-electron chi connectivity index (χ4n) is 15.7. The predicted molar refractivity (Wildman–Crippen MR) is 456 cm³/mol. The molecule has 3 fully saturated rings. The number of nitrogens with two attached hydrogens (primary N) is 1. The van der Waals surface area contributed by atoms with Crippen molar-refractivity contribution in [3.63, 3.8) is 0 Å². The van der Waals surface area contributed by atoms with Crippen LogP contribution in [0.15, 0.2) is 60.7 Å². The van der Waals surface area contributed by atoms with Crippen LogP contribution in [0.5, 0.6) is 0 Å². The van der Waals surface area contributed by atoms with Gasteiger partial charge in [-0.1, -0.05) is 150 Å². The van der Waals surface area contributed by atoms with Crippen LogP contribution in [0, 0.1) is 41.4 Å². The summed E-state index contributed by atoms with van der Waals surface area (Å²) in [5, 5.41) is 31.7. The molecule has 6 unspecified atom stereocenters. The van der Waals surface area contributed by atoms with Crippen LogP contribution in [-0.2, 0) is 84.8 Å². The Morgan fingerprint density at radius 3 is 1.33 bits per heavy atom. The van der Waals surface area contributed by atoms with Crippen LogP contribution in [-0.4, -0.2) is 292 Å². The molecule has 3 aliphatic rings. The van der Waals surface area contributed by atoms with Gasteiger partial charge in [0.2, 0.25) is 76.8 Å². The first-order chi connectivity index (χ1) is 56.0. The Labute approximate surface area is 711 Å². The number of carbonyl (C=O) groups excluding carboxylic acids is 15. The van der Waals surface area contributed by atoms with Crippen molar-refractivity contribution in [1.29, 1.82) is 0 Å². The van der Waals surface area contributed by atoms with Gasteiger partial charge in [-0.2, -0.15) is 0 Å². The molecule has 18 atom stereocenters. The second kappa shape index (κ2) is 45.5. The number of ketones is 1. The second-order valence-corrected chi connectivity index (χ2v) is 36.0. The molecule has 2 aliphatic heterocycles. The zero-order chi connectivity index (χ0) is 90.6. The highest BCUT2D eigenvalue weighted by atomic mass is 16.3. The minimum Gasteiger partial charge on any atom is -0.391 e. The number of hydrogen-bond acceptors (Lipinski definition) is 18. The SMILES string of the molecule is CC[C@H](C)C(NC(=O)C(CC(C)C)N(C)C(=O)[C@@H]1CC(C)N[C@@](C)(N(C)C(=O)C(NC(=O)[C@H](Cc2ccccc2)N(C)C(=O)[C@@H](NC(=O)[C@H](Cc2ccccc2)N(C)C(=O)[C@H](CC(C)C)N(C)C(=O)[C@H](CC(C)C)N(C)C(=O)C(C)NC(=O)[C@@H](NC(=O)[C@H](CC(C)C)N(C)C(=O)[C@H](C)N)C(C)C)[C@@H](C)O)C2CC2=O)C(=O)N1)C(=O)N1CCCCC1. The predicted octanol–water partition coefficient (Wildman–Crippen LogP) is 3.13. The number of hydrogen-bond donors (Lipinski definition) is 9. The van der Waals surface area contributed by atoms with Crippen LogP contribution >= 0.6 is 0 Å². The third-order valence-electron chi connectivity index (χ3n) is 23.7. The number of carbonyl (C=O) groups is 15. The number of aliphatic hydroxyl groups excluding tert-OH is 1. The monoisotopic (exact) mass is 1680 g/mol. The number of nitrogens with zero attached hydrogens (tertiary/aromatic N) is 8. The van der Waals surface area contributed by atoms with Gasteiger partial charge in [-0.05, 0) is 133 Å². The second-order valence-electron chi connectivity index (χ2n) is 36.0. The topological polar surface area (TPSA) is 412 Å². The number of likely N-dealkylation sites (N-methyl/N-ethyl adjacent to an activating group) is 7. The van der Waals surface area contributed by atoms with E-state index in [0.29, 0.717) is 30.6 Å². The molecule has 1 aliphatic carbocycles. The zero-order valence-electron chi connectivity index (χ0n) is 75.6. The molecular weight excluding hydrogens is 1540 g/mol. The largest absolute Gasteiger partial charge is 0.391 e. The van der Waals surface area contributed by atoms with E-state index in [2.05, 4.69) is 37.2 Å². The van der Waals surface area contributed by atoms with Gasteiger partial charge in [0.05, 0.1) is 18.1 Å². The lowest BCUT2D eigenvalue weighted by Crippen LogP contribution is -2.69. The molecule has 32 heteroatoms. The van der Waals surface area contributed by atoms with Crippen molar-refractivity contribution in [2.45, 2.75) is 291 Å². The number of aliphatic hydroxyl groups is 1. The highest BCUT2D eigenvalue weighted by Gasteiger charge is 2.54. The van der Waals surface area contributed by atoms with Gasteiger partial charge in [0.15, 0.2) is 5.66 Å². The molecule has 32 nitrogen and oxygen atoms in total. The highest BCUT2D eigenvalue weighted by Crippen LogP contribution is 2.32. The molecule has 670 valence electrons. The number of nitrogens with one attached hydrogen (secondary N) is 7. The molecule has 10 N–H and O–H groups in total. The molecule has 0 spiro atoms. The van der Waals surface area contributed by atoms with E-state index in [1.165, 1.54) is 102 Å². The number of benzene rings is 2. The normalized spacial score (nSPS) is 20.3. The summed E-state index contributed by atoms with van der Waals surface area (Å²) < 4.78 is 0. The van der Waals surface area contributed by atoms with Crippen LogP contribution in [0.4, 0.5) is 0 Å². The molecule has 120 heavy (non-hydrogen) atoms. The van der Waals surface area contributed by atoms with Crippen molar-refractivity contribution in [3.05, 3.63) is 71.8 Å². The first-order valence-corrected chi connectivity index (χ1v) is 42.8. The summed E-state index contributed by atoms with van der Waals surface area (Å²) in [6.07, 6.45) is 1.78. The smallest absolute Gasteiger partial charge is 0.261 e. The van der Waals surface area contributed by atoms with Gasteiger partial charge in [0.25, 0.3) is 5.91 Å². The lowest BCUT2D eigenvalue weighted by atomic mass is 9.95. The number of likely N-dealkylation sites (tertiary alicyclic amines) is 1. The number of Topliss-reactive ketones (excluding diaryl/α,β-unsaturated/α-hetero) is 1. The van der Waals surface area contributed by atoms with Crippen molar-refractivity contribution in [3.8, 4) is 0 Å². The van der Waals surface area contributed by atoms with Crippen molar-refractivity contribution in [2.75, 3.05) is 62.4 Å². The van der Waals surface area contributed by atoms with Crippen LogP contribution in [0.25, 0.3) is 0 Å². The first-order valence-electron chi connectivity index (χ1n) is 42.8. The molecule has 2 aromatic rings. The Balaban J connectivity index is 1.42. The third-order valence-corrected chi connectivity index (χ3v) is 23.7. The molecule has 0 bridgehead atoms. The maximum Gasteiger partial charge on any atom is 0.261 e. The highest BCUT2D eigenvalue weighted by molar-refractivity contribution is 6.06. The molecule has 0 aromatic heterocycles. The average Bonchev–Trinajstić information content (AvgIpc) is 1.61. The van der Waals surface area contributed by atoms with Crippen molar-refractivity contribution in [1.82, 2.24) is 76.4 Å². The van der Waals surface area contributed by atoms with Gasteiger partial charge < -0.3 is 81.9 Å². The summed E-state index contributed by atoms with van der Waals surface area (Å²) in [6.45, 7) is 30.8. The Morgan fingerprint density at radius 2 is 0.900 bits per heavy atom. The summed E-state index contributed by atoms with van der Waals surface area (Å²) in [4.78, 5) is 230. The summed E-state index contributed by atoms with van der Waals surface area (Å²) >= 11 is 0. The molecule has 0 radical (unpaired) electrons. The quantitative estimate of drug-likeness (QED) is 0.0461. The zero-order valence-corrected chi connectivity index (χ0v) is 75.6. The van der Waals surface area contributed by atoms with Crippen LogP contribution < -0.4 is 43.0 Å². The van der Waals surface area contributed by atoms with E-state index in [4.69, 9.17) is 5.73 Å². The minimum atomic E-state index is -1.95. The molecule has 2 saturated heterocycles. The van der Waals surface area contributed by atoms with E-state index in [1.807, 2.05) is 69.2 Å². The average molecular weight is 1680 g/mol. The van der Waals surface area contributed by atoms with Crippen LogP contribution in [0.3, 0.4) is 0 Å². The molecule has 2 heterocycles. The number of piperidine rings is 1. The molecular formula is C88H142N16O16. The summed E-state index contributed by atoms with van der Waals surface area (Å²) in [5.74, 6) is -12.4. The Morgan fingerprint density at radius 1 is 0.500 bits per heavy atom. The fraction of sp³-hybridized carbons (Fsp3) is 0.693. The summed E-state index contributed by atoms with van der Waals surface area (Å²) in [7, 11) is 9.77. The fourth-order valence-corrected chi connectivity index (χ4v) is 15.7. The van der Waals surface area contributed by atoms with E-state index in [1.54, 1.807) is 86.3 Å². The van der Waals surface area contributed by atoms with Gasteiger partial charge in [-0.15, -0.1) is 0 Å².